The van der Waals surface area contributed by atoms with Crippen molar-refractivity contribution >= 4 is 22.6 Å². The molecule has 0 bridgehead atoms. The SMILES string of the molecule is CCOC(=O)c1cc2ccc(N(CC)CC)cc2oc1=O. The molecule has 5 nitrogen and oxygen atoms in total. The summed E-state index contributed by atoms with van der Waals surface area (Å²) in [5.74, 6) is -0.652. The third-order valence-electron chi connectivity index (χ3n) is 3.34. The van der Waals surface area contributed by atoms with Gasteiger partial charge in [-0.05, 0) is 39.0 Å². The van der Waals surface area contributed by atoms with Gasteiger partial charge in [-0.15, -0.1) is 0 Å². The van der Waals surface area contributed by atoms with Crippen LogP contribution in [-0.4, -0.2) is 25.7 Å². The van der Waals surface area contributed by atoms with Crippen LogP contribution in [0.1, 0.15) is 31.1 Å². The molecule has 5 heteroatoms. The van der Waals surface area contributed by atoms with Gasteiger partial charge in [0.1, 0.15) is 11.1 Å². The molecular formula is C16H19NO4. The van der Waals surface area contributed by atoms with Gasteiger partial charge in [0, 0.05) is 30.2 Å². The second kappa shape index (κ2) is 6.43. The molecule has 0 saturated heterocycles. The Balaban J connectivity index is 2.49. The highest BCUT2D eigenvalue weighted by Crippen LogP contribution is 2.22. The lowest BCUT2D eigenvalue weighted by Gasteiger charge is -2.20. The van der Waals surface area contributed by atoms with E-state index in [1.165, 1.54) is 6.07 Å². The Bertz CT molecular complexity index is 701. The van der Waals surface area contributed by atoms with E-state index in [1.807, 2.05) is 18.2 Å². The van der Waals surface area contributed by atoms with Crippen molar-refractivity contribution < 1.29 is 13.9 Å². The maximum Gasteiger partial charge on any atom is 0.351 e. The zero-order valence-corrected chi connectivity index (χ0v) is 12.5. The minimum atomic E-state index is -0.669. The number of esters is 1. The third-order valence-corrected chi connectivity index (χ3v) is 3.34. The number of hydrogen-bond donors (Lipinski definition) is 0. The lowest BCUT2D eigenvalue weighted by molar-refractivity contribution is 0.0522. The van der Waals surface area contributed by atoms with Crippen molar-refractivity contribution in [3.63, 3.8) is 0 Å². The van der Waals surface area contributed by atoms with Crippen LogP contribution in [0.3, 0.4) is 0 Å². The summed E-state index contributed by atoms with van der Waals surface area (Å²) >= 11 is 0. The van der Waals surface area contributed by atoms with Gasteiger partial charge in [-0.1, -0.05) is 0 Å². The lowest BCUT2D eigenvalue weighted by Crippen LogP contribution is -2.21. The van der Waals surface area contributed by atoms with Gasteiger partial charge in [0.15, 0.2) is 0 Å². The van der Waals surface area contributed by atoms with E-state index in [0.29, 0.717) is 11.0 Å². The molecule has 1 aromatic heterocycles. The van der Waals surface area contributed by atoms with Gasteiger partial charge >= 0.3 is 11.6 Å². The highest BCUT2D eigenvalue weighted by molar-refractivity contribution is 5.93. The van der Waals surface area contributed by atoms with Crippen molar-refractivity contribution in [2.75, 3.05) is 24.6 Å². The fourth-order valence-corrected chi connectivity index (χ4v) is 2.24. The number of fused-ring (bicyclic) bond motifs is 1. The maximum absolute atomic E-state index is 11.9. The Kier molecular flexibility index (Phi) is 4.62. The standard InChI is InChI=1S/C16H19NO4/c1-4-17(5-2)12-8-7-11-9-13(15(18)20-6-3)16(19)21-14(11)10-12/h7-10H,4-6H2,1-3H3. The second-order valence-electron chi connectivity index (χ2n) is 4.56. The van der Waals surface area contributed by atoms with Crippen molar-refractivity contribution in [2.24, 2.45) is 0 Å². The quantitative estimate of drug-likeness (QED) is 0.625. The molecule has 0 spiro atoms. The molecule has 0 atom stereocenters. The second-order valence-corrected chi connectivity index (χ2v) is 4.56. The first-order valence-electron chi connectivity index (χ1n) is 7.10. The van der Waals surface area contributed by atoms with Crippen molar-refractivity contribution in [1.82, 2.24) is 0 Å². The first-order valence-corrected chi connectivity index (χ1v) is 7.10. The molecule has 2 aromatic rings. The Morgan fingerprint density at radius 2 is 1.90 bits per heavy atom. The highest BCUT2D eigenvalue weighted by Gasteiger charge is 2.15. The summed E-state index contributed by atoms with van der Waals surface area (Å²) in [4.78, 5) is 25.7. The summed E-state index contributed by atoms with van der Waals surface area (Å²) in [6.45, 7) is 7.77. The van der Waals surface area contributed by atoms with Crippen molar-refractivity contribution in [3.05, 3.63) is 40.2 Å². The number of ether oxygens (including phenoxy) is 1. The Hall–Kier alpha value is -2.30. The van der Waals surface area contributed by atoms with Gasteiger partial charge in [0.05, 0.1) is 6.61 Å². The van der Waals surface area contributed by atoms with Gasteiger partial charge in [0.25, 0.3) is 0 Å². The molecule has 0 fully saturated rings. The van der Waals surface area contributed by atoms with Crippen molar-refractivity contribution in [1.29, 1.82) is 0 Å². The summed E-state index contributed by atoms with van der Waals surface area (Å²) in [5.41, 5.74) is 0.717. The number of benzene rings is 1. The molecule has 0 amide bonds. The molecule has 0 unspecified atom stereocenters. The normalized spacial score (nSPS) is 10.6. The zero-order chi connectivity index (χ0) is 15.4. The molecule has 0 aliphatic rings. The molecule has 21 heavy (non-hydrogen) atoms. The molecule has 1 aromatic carbocycles. The average molecular weight is 289 g/mol. The molecular weight excluding hydrogens is 270 g/mol. The molecule has 1 heterocycles. The third kappa shape index (κ3) is 3.07. The van der Waals surface area contributed by atoms with Gasteiger partial charge < -0.3 is 14.1 Å². The monoisotopic (exact) mass is 289 g/mol. The van der Waals surface area contributed by atoms with Gasteiger partial charge in [-0.3, -0.25) is 0 Å². The van der Waals surface area contributed by atoms with Crippen LogP contribution in [0.25, 0.3) is 11.0 Å². The first-order chi connectivity index (χ1) is 10.1. The van der Waals surface area contributed by atoms with E-state index in [4.69, 9.17) is 9.15 Å². The minimum absolute atomic E-state index is 0.0695. The molecule has 0 saturated carbocycles. The minimum Gasteiger partial charge on any atom is -0.462 e. The van der Waals surface area contributed by atoms with Crippen LogP contribution in [0.5, 0.6) is 0 Å². The lowest BCUT2D eigenvalue weighted by atomic mass is 10.1. The van der Waals surface area contributed by atoms with E-state index >= 15 is 0 Å². The van der Waals surface area contributed by atoms with Crippen LogP contribution in [0.2, 0.25) is 0 Å². The van der Waals surface area contributed by atoms with Crippen LogP contribution >= 0.6 is 0 Å². The highest BCUT2D eigenvalue weighted by atomic mass is 16.5. The number of anilines is 1. The van der Waals surface area contributed by atoms with E-state index in [0.717, 1.165) is 18.8 Å². The summed E-state index contributed by atoms with van der Waals surface area (Å²) in [5, 5.41) is 0.702. The zero-order valence-electron chi connectivity index (χ0n) is 12.5. The van der Waals surface area contributed by atoms with Crippen LogP contribution in [0, 0.1) is 0 Å². The maximum atomic E-state index is 11.9. The van der Waals surface area contributed by atoms with E-state index in [1.54, 1.807) is 6.92 Å². The molecule has 0 N–H and O–H groups in total. The molecule has 0 aliphatic heterocycles. The van der Waals surface area contributed by atoms with Crippen LogP contribution in [0.15, 0.2) is 33.5 Å². The average Bonchev–Trinajstić information content (AvgIpc) is 2.48. The summed E-state index contributed by atoms with van der Waals surface area (Å²) in [6.07, 6.45) is 0. The molecule has 2 rings (SSSR count). The van der Waals surface area contributed by atoms with E-state index in [2.05, 4.69) is 18.7 Å². The summed E-state index contributed by atoms with van der Waals surface area (Å²) < 4.78 is 10.1. The topological polar surface area (TPSA) is 59.8 Å². The number of nitrogens with zero attached hydrogens (tertiary/aromatic N) is 1. The predicted octanol–water partition coefficient (Wildman–Crippen LogP) is 2.82. The van der Waals surface area contributed by atoms with Gasteiger partial charge in [-0.25, -0.2) is 9.59 Å². The van der Waals surface area contributed by atoms with E-state index in [9.17, 15) is 9.59 Å². The van der Waals surface area contributed by atoms with Crippen molar-refractivity contribution in [2.45, 2.75) is 20.8 Å². The number of rotatable bonds is 5. The number of carbonyl (C=O) groups excluding carboxylic acids is 1. The summed E-state index contributed by atoms with van der Waals surface area (Å²) in [7, 11) is 0. The van der Waals surface area contributed by atoms with Crippen LogP contribution in [0.4, 0.5) is 5.69 Å². The largest absolute Gasteiger partial charge is 0.462 e. The van der Waals surface area contributed by atoms with Crippen molar-refractivity contribution in [3.8, 4) is 0 Å². The van der Waals surface area contributed by atoms with Gasteiger partial charge in [-0.2, -0.15) is 0 Å². The predicted molar refractivity (Wildman–Crippen MR) is 82.0 cm³/mol. The Morgan fingerprint density at radius 1 is 1.19 bits per heavy atom. The first kappa shape index (κ1) is 15.1. The van der Waals surface area contributed by atoms with Gasteiger partial charge in [0.2, 0.25) is 0 Å². The van der Waals surface area contributed by atoms with E-state index in [-0.39, 0.29) is 12.2 Å². The van der Waals surface area contributed by atoms with Crippen LogP contribution in [-0.2, 0) is 4.74 Å². The Morgan fingerprint density at radius 3 is 2.52 bits per heavy atom. The van der Waals surface area contributed by atoms with E-state index < -0.39 is 11.6 Å². The summed E-state index contributed by atoms with van der Waals surface area (Å²) in [6, 6.07) is 7.13. The smallest absolute Gasteiger partial charge is 0.351 e. The molecule has 112 valence electrons. The number of hydrogen-bond acceptors (Lipinski definition) is 5. The Labute approximate surface area is 123 Å². The number of carbonyl (C=O) groups is 1. The fraction of sp³-hybridized carbons (Fsp3) is 0.375. The van der Waals surface area contributed by atoms with Crippen LogP contribution < -0.4 is 10.5 Å². The fourth-order valence-electron chi connectivity index (χ4n) is 2.24. The molecule has 0 aliphatic carbocycles. The molecule has 0 radical (unpaired) electrons.